The van der Waals surface area contributed by atoms with E-state index >= 15 is 0 Å². The van der Waals surface area contributed by atoms with Crippen LogP contribution in [0.4, 0.5) is 0 Å². The molecule has 0 fully saturated rings. The number of rotatable bonds is 6. The number of aliphatic imine (C=N–C) groups is 1. The molecule has 0 bridgehead atoms. The van der Waals surface area contributed by atoms with Gasteiger partial charge in [0, 0.05) is 18.1 Å². The maximum absolute atomic E-state index is 9.38. The molecule has 0 atom stereocenters. The van der Waals surface area contributed by atoms with Crippen molar-refractivity contribution in [1.82, 2.24) is 10.6 Å². The number of halogens is 1. The number of nitrogens with one attached hydrogen (secondary N) is 2. The molecule has 0 amide bonds. The zero-order valence-corrected chi connectivity index (χ0v) is 14.0. The lowest BCUT2D eigenvalue weighted by Gasteiger charge is -2.13. The largest absolute Gasteiger partial charge is 0.392 e. The van der Waals surface area contributed by atoms with Crippen LogP contribution < -0.4 is 10.6 Å². The summed E-state index contributed by atoms with van der Waals surface area (Å²) in [4.78, 5) is 4.57. The summed E-state index contributed by atoms with van der Waals surface area (Å²) in [7, 11) is 0. The highest BCUT2D eigenvalue weighted by Gasteiger charge is 2.02. The van der Waals surface area contributed by atoms with Gasteiger partial charge in [-0.1, -0.05) is 48.0 Å². The molecule has 5 heteroatoms. The zero-order valence-electron chi connectivity index (χ0n) is 13.2. The van der Waals surface area contributed by atoms with E-state index in [4.69, 9.17) is 11.6 Å². The summed E-state index contributed by atoms with van der Waals surface area (Å²) >= 11 is 5.89. The standard InChI is InChI=1S/C18H22ClN3O/c1-2-20-18(21-11-14-7-9-17(19)10-8-14)22-12-15-5-3-4-6-16(15)13-23/h3-10,23H,2,11-13H2,1H3,(H2,20,21,22). The van der Waals surface area contributed by atoms with Crippen molar-refractivity contribution >= 4 is 17.6 Å². The number of hydrogen-bond donors (Lipinski definition) is 3. The average molecular weight is 332 g/mol. The first-order valence-electron chi connectivity index (χ1n) is 7.67. The molecule has 2 aromatic rings. The summed E-state index contributed by atoms with van der Waals surface area (Å²) in [6.45, 7) is 4.04. The Kier molecular flexibility index (Phi) is 6.91. The molecule has 2 aromatic carbocycles. The molecule has 0 aliphatic heterocycles. The molecular formula is C18H22ClN3O. The van der Waals surface area contributed by atoms with E-state index in [9.17, 15) is 5.11 Å². The van der Waals surface area contributed by atoms with Crippen LogP contribution in [0.1, 0.15) is 23.6 Å². The first-order chi connectivity index (χ1) is 11.2. The fraction of sp³-hybridized carbons (Fsp3) is 0.278. The van der Waals surface area contributed by atoms with Crippen LogP contribution in [0.15, 0.2) is 53.5 Å². The molecular weight excluding hydrogens is 310 g/mol. The number of benzene rings is 2. The van der Waals surface area contributed by atoms with Crippen molar-refractivity contribution in [2.24, 2.45) is 4.99 Å². The van der Waals surface area contributed by atoms with Gasteiger partial charge in [0.2, 0.25) is 0 Å². The first kappa shape index (κ1) is 17.3. The molecule has 4 nitrogen and oxygen atoms in total. The van der Waals surface area contributed by atoms with Gasteiger partial charge in [0.15, 0.2) is 5.96 Å². The van der Waals surface area contributed by atoms with Gasteiger partial charge in [-0.25, -0.2) is 4.99 Å². The van der Waals surface area contributed by atoms with Crippen LogP contribution in [0.25, 0.3) is 0 Å². The predicted molar refractivity (Wildman–Crippen MR) is 95.5 cm³/mol. The lowest BCUT2D eigenvalue weighted by atomic mass is 10.1. The predicted octanol–water partition coefficient (Wildman–Crippen LogP) is 3.09. The van der Waals surface area contributed by atoms with E-state index in [1.54, 1.807) is 0 Å². The van der Waals surface area contributed by atoms with E-state index in [0.29, 0.717) is 13.1 Å². The van der Waals surface area contributed by atoms with Crippen LogP contribution >= 0.6 is 11.6 Å². The third-order valence-corrected chi connectivity index (χ3v) is 3.66. The highest BCUT2D eigenvalue weighted by molar-refractivity contribution is 6.30. The Morgan fingerprint density at radius 3 is 2.39 bits per heavy atom. The van der Waals surface area contributed by atoms with Crippen LogP contribution in [0, 0.1) is 0 Å². The minimum absolute atomic E-state index is 0.0380. The van der Waals surface area contributed by atoms with Crippen LogP contribution in [-0.4, -0.2) is 17.6 Å². The van der Waals surface area contributed by atoms with Crippen molar-refractivity contribution in [3.8, 4) is 0 Å². The topological polar surface area (TPSA) is 56.7 Å². The van der Waals surface area contributed by atoms with Gasteiger partial charge in [0.1, 0.15) is 0 Å². The Balaban J connectivity index is 2.00. The van der Waals surface area contributed by atoms with Gasteiger partial charge in [0.05, 0.1) is 13.2 Å². The highest BCUT2D eigenvalue weighted by Crippen LogP contribution is 2.10. The molecule has 0 unspecified atom stereocenters. The molecule has 3 N–H and O–H groups in total. The van der Waals surface area contributed by atoms with E-state index in [0.717, 1.165) is 34.2 Å². The van der Waals surface area contributed by atoms with Gasteiger partial charge in [0.25, 0.3) is 0 Å². The fourth-order valence-corrected chi connectivity index (χ4v) is 2.29. The lowest BCUT2D eigenvalue weighted by Crippen LogP contribution is -2.37. The van der Waals surface area contributed by atoms with Crippen molar-refractivity contribution in [3.05, 3.63) is 70.2 Å². The second-order valence-electron chi connectivity index (χ2n) is 5.10. The van der Waals surface area contributed by atoms with E-state index in [-0.39, 0.29) is 6.61 Å². The summed E-state index contributed by atoms with van der Waals surface area (Å²) in [6, 6.07) is 15.5. The molecule has 0 aliphatic rings. The lowest BCUT2D eigenvalue weighted by molar-refractivity contribution is 0.280. The van der Waals surface area contributed by atoms with Gasteiger partial charge in [-0.15, -0.1) is 0 Å². The molecule has 0 radical (unpaired) electrons. The Bertz CT molecular complexity index is 641. The summed E-state index contributed by atoms with van der Waals surface area (Å²) in [5.41, 5.74) is 3.09. The highest BCUT2D eigenvalue weighted by atomic mass is 35.5. The first-order valence-corrected chi connectivity index (χ1v) is 8.05. The Morgan fingerprint density at radius 2 is 1.74 bits per heavy atom. The second kappa shape index (κ2) is 9.18. The SMILES string of the molecule is CCNC(=NCc1ccc(Cl)cc1)NCc1ccccc1CO. The van der Waals surface area contributed by atoms with Crippen molar-refractivity contribution < 1.29 is 5.11 Å². The van der Waals surface area contributed by atoms with E-state index in [1.165, 1.54) is 0 Å². The number of nitrogens with zero attached hydrogens (tertiary/aromatic N) is 1. The third-order valence-electron chi connectivity index (χ3n) is 3.41. The number of aliphatic hydroxyl groups is 1. The van der Waals surface area contributed by atoms with Crippen molar-refractivity contribution in [3.63, 3.8) is 0 Å². The summed E-state index contributed by atoms with van der Waals surface area (Å²) < 4.78 is 0. The third kappa shape index (κ3) is 5.58. The summed E-state index contributed by atoms with van der Waals surface area (Å²) in [6.07, 6.45) is 0. The molecule has 23 heavy (non-hydrogen) atoms. The molecule has 0 aliphatic carbocycles. The van der Waals surface area contributed by atoms with Gasteiger partial charge in [-0.2, -0.15) is 0 Å². The summed E-state index contributed by atoms with van der Waals surface area (Å²) in [5, 5.41) is 16.6. The van der Waals surface area contributed by atoms with Gasteiger partial charge < -0.3 is 15.7 Å². The minimum atomic E-state index is 0.0380. The van der Waals surface area contributed by atoms with Crippen molar-refractivity contribution in [1.29, 1.82) is 0 Å². The van der Waals surface area contributed by atoms with E-state index in [2.05, 4.69) is 15.6 Å². The van der Waals surface area contributed by atoms with Crippen LogP contribution in [0.2, 0.25) is 5.02 Å². The van der Waals surface area contributed by atoms with Crippen LogP contribution in [0.3, 0.4) is 0 Å². The number of hydrogen-bond acceptors (Lipinski definition) is 2. The molecule has 0 aromatic heterocycles. The Morgan fingerprint density at radius 1 is 1.04 bits per heavy atom. The quantitative estimate of drug-likeness (QED) is 0.563. The smallest absolute Gasteiger partial charge is 0.191 e. The number of aliphatic hydroxyl groups excluding tert-OH is 1. The summed E-state index contributed by atoms with van der Waals surface area (Å²) in [5.74, 6) is 0.746. The normalized spacial score (nSPS) is 11.3. The van der Waals surface area contributed by atoms with Crippen molar-refractivity contribution in [2.45, 2.75) is 26.6 Å². The maximum Gasteiger partial charge on any atom is 0.191 e. The molecule has 122 valence electrons. The molecule has 0 saturated heterocycles. The van der Waals surface area contributed by atoms with E-state index < -0.39 is 0 Å². The molecule has 0 saturated carbocycles. The molecule has 2 rings (SSSR count). The van der Waals surface area contributed by atoms with Gasteiger partial charge >= 0.3 is 0 Å². The van der Waals surface area contributed by atoms with Gasteiger partial charge in [-0.3, -0.25) is 0 Å². The van der Waals surface area contributed by atoms with Crippen LogP contribution in [0.5, 0.6) is 0 Å². The van der Waals surface area contributed by atoms with E-state index in [1.807, 2.05) is 55.5 Å². The van der Waals surface area contributed by atoms with Crippen LogP contribution in [-0.2, 0) is 19.7 Å². The number of guanidine groups is 1. The Hall–Kier alpha value is -2.04. The van der Waals surface area contributed by atoms with Gasteiger partial charge in [-0.05, 0) is 35.7 Å². The Labute approximate surface area is 142 Å². The minimum Gasteiger partial charge on any atom is -0.392 e. The maximum atomic E-state index is 9.38. The average Bonchev–Trinajstić information content (AvgIpc) is 2.59. The zero-order chi connectivity index (χ0) is 16.5. The monoisotopic (exact) mass is 331 g/mol. The second-order valence-corrected chi connectivity index (χ2v) is 5.54. The van der Waals surface area contributed by atoms with Crippen molar-refractivity contribution in [2.75, 3.05) is 6.54 Å². The molecule has 0 heterocycles. The fourth-order valence-electron chi connectivity index (χ4n) is 2.17. The molecule has 0 spiro atoms.